The van der Waals surface area contributed by atoms with Crippen molar-refractivity contribution in [1.29, 1.82) is 0 Å². The van der Waals surface area contributed by atoms with Crippen LogP contribution in [-0.2, 0) is 23.1 Å². The molecule has 8 nitrogen and oxygen atoms in total. The number of ether oxygens (including phenoxy) is 2. The van der Waals surface area contributed by atoms with Gasteiger partial charge in [-0.25, -0.2) is 0 Å². The van der Waals surface area contributed by atoms with E-state index in [0.29, 0.717) is 13.2 Å². The minimum atomic E-state index is -2.10. The Morgan fingerprint density at radius 1 is 1.10 bits per heavy atom. The van der Waals surface area contributed by atoms with Crippen LogP contribution in [0.4, 0.5) is 0 Å². The molecule has 0 aliphatic heterocycles. The first-order valence-electron chi connectivity index (χ1n) is 10.3. The van der Waals surface area contributed by atoms with E-state index in [9.17, 15) is 15.0 Å². The Balaban J connectivity index is 4.22. The maximum atomic E-state index is 12.0. The summed E-state index contributed by atoms with van der Waals surface area (Å²) >= 11 is 0. The van der Waals surface area contributed by atoms with Gasteiger partial charge in [0.25, 0.3) is 0 Å². The molecular weight excluding hydrogens is 410 g/mol. The molecule has 0 fully saturated rings. The van der Waals surface area contributed by atoms with Gasteiger partial charge in [0.05, 0.1) is 25.4 Å². The van der Waals surface area contributed by atoms with Crippen molar-refractivity contribution < 1.29 is 33.3 Å². The van der Waals surface area contributed by atoms with E-state index < -0.39 is 20.8 Å². The number of hydrogen-bond acceptors (Lipinski definition) is 7. The summed E-state index contributed by atoms with van der Waals surface area (Å²) in [6, 6.07) is 2.02. The van der Waals surface area contributed by atoms with Gasteiger partial charge in [0.15, 0.2) is 0 Å². The molecule has 0 aromatic carbocycles. The molecule has 0 aliphatic rings. The lowest BCUT2D eigenvalue weighted by atomic mass is 10.2. The van der Waals surface area contributed by atoms with Gasteiger partial charge in [-0.05, 0) is 31.5 Å². The van der Waals surface area contributed by atoms with Crippen LogP contribution in [-0.4, -0.2) is 105 Å². The minimum Gasteiger partial charge on any atom is -0.398 e. The quantitative estimate of drug-likeness (QED) is 0.168. The summed E-state index contributed by atoms with van der Waals surface area (Å²) in [4.78, 5) is 13.4. The Hall–Kier alpha value is -0.596. The van der Waals surface area contributed by atoms with Gasteiger partial charge in [0.1, 0.15) is 0 Å². The smallest absolute Gasteiger partial charge is 0.334 e. The number of rotatable bonds is 19. The van der Waals surface area contributed by atoms with Crippen molar-refractivity contribution in [1.82, 2.24) is 4.90 Å². The largest absolute Gasteiger partial charge is 0.398 e. The van der Waals surface area contributed by atoms with E-state index in [1.165, 1.54) is 17.0 Å². The average Bonchev–Trinajstić information content (AvgIpc) is 2.72. The SMILES string of the molecule is C=CC(=O)N(CC(O)COCCC[SiH2]C)CC(O)COCCC[Si](C)(OC)OC. The van der Waals surface area contributed by atoms with E-state index in [1.807, 2.05) is 6.55 Å². The molecule has 10 heteroatoms. The highest BCUT2D eigenvalue weighted by atomic mass is 28.4. The highest BCUT2D eigenvalue weighted by Gasteiger charge is 2.27. The Morgan fingerprint density at radius 2 is 1.62 bits per heavy atom. The predicted molar refractivity (Wildman–Crippen MR) is 119 cm³/mol. The first kappa shape index (κ1) is 28.4. The van der Waals surface area contributed by atoms with Crippen LogP contribution >= 0.6 is 0 Å². The molecule has 0 radical (unpaired) electrons. The average molecular weight is 452 g/mol. The Kier molecular flexibility index (Phi) is 16.8. The van der Waals surface area contributed by atoms with Gasteiger partial charge >= 0.3 is 8.56 Å². The zero-order valence-electron chi connectivity index (χ0n) is 18.6. The summed E-state index contributed by atoms with van der Waals surface area (Å²) in [6.45, 7) is 9.23. The molecule has 1 amide bonds. The molecule has 0 bridgehead atoms. The lowest BCUT2D eigenvalue weighted by Crippen LogP contribution is -2.43. The molecule has 0 rings (SSSR count). The van der Waals surface area contributed by atoms with Crippen molar-refractivity contribution in [3.8, 4) is 0 Å². The van der Waals surface area contributed by atoms with Crippen molar-refractivity contribution in [2.24, 2.45) is 0 Å². The van der Waals surface area contributed by atoms with E-state index in [0.717, 1.165) is 18.9 Å². The van der Waals surface area contributed by atoms with E-state index in [1.54, 1.807) is 14.2 Å². The number of carbonyl (C=O) groups excluding carboxylic acids is 1. The maximum absolute atomic E-state index is 12.0. The minimum absolute atomic E-state index is 0.0443. The highest BCUT2D eigenvalue weighted by Crippen LogP contribution is 2.13. The second-order valence-electron chi connectivity index (χ2n) is 7.26. The van der Waals surface area contributed by atoms with Crippen LogP contribution in [0.15, 0.2) is 12.7 Å². The molecule has 0 saturated heterocycles. The first-order chi connectivity index (χ1) is 13.8. The van der Waals surface area contributed by atoms with Crippen molar-refractivity contribution in [2.75, 3.05) is 53.7 Å². The zero-order chi connectivity index (χ0) is 22.1. The fourth-order valence-electron chi connectivity index (χ4n) is 2.67. The fraction of sp³-hybridized carbons (Fsp3) is 0.842. The molecule has 29 heavy (non-hydrogen) atoms. The topological polar surface area (TPSA) is 97.7 Å². The van der Waals surface area contributed by atoms with Crippen molar-refractivity contribution >= 4 is 24.0 Å². The van der Waals surface area contributed by atoms with Gasteiger partial charge < -0.3 is 33.4 Å². The molecule has 172 valence electrons. The molecular formula is C19H41NO7Si2. The highest BCUT2D eigenvalue weighted by molar-refractivity contribution is 6.65. The molecule has 0 heterocycles. The summed E-state index contributed by atoms with van der Waals surface area (Å²) in [5, 5.41) is 20.3. The van der Waals surface area contributed by atoms with Gasteiger partial charge in [-0.15, -0.1) is 0 Å². The number of hydrogen-bond donors (Lipinski definition) is 2. The Bertz CT molecular complexity index is 439. The standard InChI is InChI=1S/C19H41NO7Si2/c1-6-19(23)20(13-17(21)15-26-9-7-11-28-4)14-18(22)16-27-10-8-12-29(5,24-2)25-3/h6,17-18,21-22H,1,7-16,28H2,2-5H3. The summed E-state index contributed by atoms with van der Waals surface area (Å²) in [5.74, 6) is -0.345. The zero-order valence-corrected chi connectivity index (χ0v) is 21.0. The maximum Gasteiger partial charge on any atom is 0.334 e. The lowest BCUT2D eigenvalue weighted by Gasteiger charge is -2.26. The van der Waals surface area contributed by atoms with Crippen LogP contribution in [0.25, 0.3) is 0 Å². The van der Waals surface area contributed by atoms with Gasteiger partial charge in [-0.2, -0.15) is 0 Å². The predicted octanol–water partition coefficient (Wildman–Crippen LogP) is 0.536. The third-order valence-electron chi connectivity index (χ3n) is 4.64. The summed E-state index contributed by atoms with van der Waals surface area (Å²) in [7, 11) is 1.24. The molecule has 0 aromatic rings. The van der Waals surface area contributed by atoms with Crippen molar-refractivity contribution in [3.63, 3.8) is 0 Å². The van der Waals surface area contributed by atoms with Crippen LogP contribution in [0, 0.1) is 0 Å². The summed E-state index contributed by atoms with van der Waals surface area (Å²) in [6.07, 6.45) is 1.29. The Morgan fingerprint density at radius 3 is 2.07 bits per heavy atom. The van der Waals surface area contributed by atoms with E-state index in [2.05, 4.69) is 13.1 Å². The van der Waals surface area contributed by atoms with Crippen LogP contribution in [0.5, 0.6) is 0 Å². The fourth-order valence-corrected chi connectivity index (χ4v) is 4.74. The number of carbonyl (C=O) groups is 1. The van der Waals surface area contributed by atoms with Crippen molar-refractivity contribution in [2.45, 2.75) is 50.2 Å². The number of aliphatic hydroxyl groups is 2. The summed E-state index contributed by atoms with van der Waals surface area (Å²) < 4.78 is 21.8. The second kappa shape index (κ2) is 17.1. The van der Waals surface area contributed by atoms with Gasteiger partial charge in [0, 0.05) is 50.0 Å². The molecule has 2 unspecified atom stereocenters. The molecule has 0 spiro atoms. The van der Waals surface area contributed by atoms with E-state index in [-0.39, 0.29) is 41.7 Å². The van der Waals surface area contributed by atoms with Crippen molar-refractivity contribution in [3.05, 3.63) is 12.7 Å². The molecule has 2 N–H and O–H groups in total. The molecule has 0 aliphatic carbocycles. The summed E-state index contributed by atoms with van der Waals surface area (Å²) in [5.41, 5.74) is 0. The number of amides is 1. The number of aliphatic hydroxyl groups excluding tert-OH is 2. The second-order valence-corrected chi connectivity index (χ2v) is 12.5. The third kappa shape index (κ3) is 14.1. The van der Waals surface area contributed by atoms with Crippen LogP contribution in [0.3, 0.4) is 0 Å². The number of nitrogens with zero attached hydrogens (tertiary/aromatic N) is 1. The molecule has 0 saturated carbocycles. The monoisotopic (exact) mass is 451 g/mol. The normalized spacial score (nSPS) is 14.3. The van der Waals surface area contributed by atoms with Crippen LogP contribution in [0.2, 0.25) is 25.2 Å². The third-order valence-corrected chi connectivity index (χ3v) is 8.84. The van der Waals surface area contributed by atoms with Gasteiger partial charge in [0.2, 0.25) is 5.91 Å². The molecule has 0 aromatic heterocycles. The van der Waals surface area contributed by atoms with Gasteiger partial charge in [-0.1, -0.05) is 19.2 Å². The Labute approximate surface area is 179 Å². The first-order valence-corrected chi connectivity index (χ1v) is 15.3. The van der Waals surface area contributed by atoms with Gasteiger partial charge in [-0.3, -0.25) is 4.79 Å². The lowest BCUT2D eigenvalue weighted by molar-refractivity contribution is -0.130. The van der Waals surface area contributed by atoms with E-state index in [4.69, 9.17) is 18.3 Å². The molecule has 2 atom stereocenters. The van der Waals surface area contributed by atoms with E-state index >= 15 is 0 Å². The van der Waals surface area contributed by atoms with Crippen LogP contribution in [0.1, 0.15) is 12.8 Å². The van der Waals surface area contributed by atoms with Crippen LogP contribution < -0.4 is 0 Å².